The van der Waals surface area contributed by atoms with E-state index < -0.39 is 17.8 Å². The van der Waals surface area contributed by atoms with Gasteiger partial charge in [-0.3, -0.25) is 4.99 Å². The molecule has 1 aromatic carbocycles. The summed E-state index contributed by atoms with van der Waals surface area (Å²) in [7, 11) is 1.28. The van der Waals surface area contributed by atoms with Gasteiger partial charge in [0.05, 0.1) is 12.7 Å². The van der Waals surface area contributed by atoms with Crippen molar-refractivity contribution in [3.05, 3.63) is 61.4 Å². The Labute approximate surface area is 157 Å². The van der Waals surface area contributed by atoms with Crippen molar-refractivity contribution < 1.29 is 13.9 Å². The number of allylic oxidation sites excluding steroid dienone is 1. The molecule has 0 saturated carbocycles. The predicted octanol–water partition coefficient (Wildman–Crippen LogP) is 4.13. The van der Waals surface area contributed by atoms with Crippen LogP contribution in [0.4, 0.5) is 4.39 Å². The Kier molecular flexibility index (Phi) is 5.08. The van der Waals surface area contributed by atoms with Gasteiger partial charge in [0.25, 0.3) is 0 Å². The molecule has 0 amide bonds. The van der Waals surface area contributed by atoms with Gasteiger partial charge < -0.3 is 10.1 Å². The average Bonchev–Trinajstić information content (AvgIpc) is 3.00. The molecule has 1 N–H and O–H groups in total. The number of hydrogen-bond acceptors (Lipinski definition) is 6. The molecular formula is C16H12Cl2FN3O2S. The number of thiazole rings is 1. The van der Waals surface area contributed by atoms with Crippen molar-refractivity contribution in [2.75, 3.05) is 7.11 Å². The fourth-order valence-corrected chi connectivity index (χ4v) is 3.51. The molecule has 3 rings (SSSR count). The van der Waals surface area contributed by atoms with Gasteiger partial charge in [0.1, 0.15) is 17.6 Å². The molecule has 1 atom stereocenters. The molecule has 0 bridgehead atoms. The molecule has 1 aromatic heterocycles. The second-order valence-electron chi connectivity index (χ2n) is 5.19. The van der Waals surface area contributed by atoms with Crippen molar-refractivity contribution in [2.45, 2.75) is 13.0 Å². The molecule has 1 aliphatic rings. The number of ether oxygens (including phenoxy) is 1. The van der Waals surface area contributed by atoms with Crippen LogP contribution in [-0.4, -0.2) is 23.9 Å². The maximum atomic E-state index is 13.4. The third-order valence-corrected chi connectivity index (χ3v) is 4.93. The van der Waals surface area contributed by atoms with E-state index in [0.717, 1.165) is 0 Å². The minimum Gasteiger partial charge on any atom is -0.466 e. The number of carbonyl (C=O) groups is 1. The standard InChI is InChI=1S/C16H12Cl2FN3O2S/c1-7-12(15(23)24-2)13(9-4-3-8(19)5-10(9)17)22-14(20-7)11-6-25-16(18)21-11/h3-6,13H,1-2H3,(H,20,22)/t13-/m1/s1. The lowest BCUT2D eigenvalue weighted by Crippen LogP contribution is -2.32. The van der Waals surface area contributed by atoms with E-state index >= 15 is 0 Å². The monoisotopic (exact) mass is 399 g/mol. The van der Waals surface area contributed by atoms with Crippen LogP contribution >= 0.6 is 34.5 Å². The normalized spacial score (nSPS) is 17.2. The van der Waals surface area contributed by atoms with Crippen molar-refractivity contribution in [3.8, 4) is 0 Å². The van der Waals surface area contributed by atoms with Gasteiger partial charge in [-0.15, -0.1) is 11.3 Å². The van der Waals surface area contributed by atoms with Crippen LogP contribution in [-0.2, 0) is 9.53 Å². The van der Waals surface area contributed by atoms with Crippen LogP contribution in [0, 0.1) is 5.82 Å². The van der Waals surface area contributed by atoms with Crippen molar-refractivity contribution >= 4 is 46.3 Å². The van der Waals surface area contributed by atoms with Gasteiger partial charge in [-0.05, 0) is 19.1 Å². The third-order valence-electron chi connectivity index (χ3n) is 3.62. The van der Waals surface area contributed by atoms with Gasteiger partial charge in [0.2, 0.25) is 0 Å². The van der Waals surface area contributed by atoms with Gasteiger partial charge >= 0.3 is 5.97 Å². The Bertz CT molecular complexity index is 911. The largest absolute Gasteiger partial charge is 0.466 e. The summed E-state index contributed by atoms with van der Waals surface area (Å²) in [6, 6.07) is 3.19. The predicted molar refractivity (Wildman–Crippen MR) is 95.7 cm³/mol. The Morgan fingerprint density at radius 3 is 2.76 bits per heavy atom. The minimum absolute atomic E-state index is 0.167. The highest BCUT2D eigenvalue weighted by Gasteiger charge is 2.32. The second-order valence-corrected chi connectivity index (χ2v) is 7.03. The van der Waals surface area contributed by atoms with Gasteiger partial charge in [0.15, 0.2) is 10.3 Å². The number of aliphatic imine (C=N–C) groups is 1. The van der Waals surface area contributed by atoms with E-state index in [-0.39, 0.29) is 5.02 Å². The van der Waals surface area contributed by atoms with Crippen molar-refractivity contribution in [3.63, 3.8) is 0 Å². The maximum absolute atomic E-state index is 13.4. The summed E-state index contributed by atoms with van der Waals surface area (Å²) >= 11 is 13.3. The number of methoxy groups -OCH3 is 1. The quantitative estimate of drug-likeness (QED) is 0.788. The molecular weight excluding hydrogens is 388 g/mol. The number of aromatic nitrogens is 1. The van der Waals surface area contributed by atoms with Crippen LogP contribution in [0.15, 0.2) is 39.8 Å². The number of amidine groups is 1. The van der Waals surface area contributed by atoms with E-state index in [1.54, 1.807) is 12.3 Å². The first-order chi connectivity index (χ1) is 11.9. The Morgan fingerprint density at radius 2 is 2.16 bits per heavy atom. The fourth-order valence-electron chi connectivity index (χ4n) is 2.49. The van der Waals surface area contributed by atoms with E-state index in [1.165, 1.54) is 36.6 Å². The zero-order valence-corrected chi connectivity index (χ0v) is 15.5. The number of benzene rings is 1. The maximum Gasteiger partial charge on any atom is 0.338 e. The number of nitrogens with zero attached hydrogens (tertiary/aromatic N) is 2. The molecule has 2 aromatic rings. The van der Waals surface area contributed by atoms with Crippen LogP contribution in [0.3, 0.4) is 0 Å². The third kappa shape index (κ3) is 3.53. The van der Waals surface area contributed by atoms with E-state index in [4.69, 9.17) is 27.9 Å². The molecule has 0 aliphatic carbocycles. The first kappa shape index (κ1) is 17.8. The highest BCUT2D eigenvalue weighted by atomic mass is 35.5. The summed E-state index contributed by atoms with van der Waals surface area (Å²) in [6.45, 7) is 1.72. The Balaban J connectivity index is 2.14. The number of halogens is 3. The molecule has 5 nitrogen and oxygen atoms in total. The van der Waals surface area contributed by atoms with Crippen molar-refractivity contribution in [2.24, 2.45) is 4.99 Å². The summed E-state index contributed by atoms with van der Waals surface area (Å²) in [5.74, 6) is -0.577. The van der Waals surface area contributed by atoms with Gasteiger partial charge in [-0.2, -0.15) is 0 Å². The van der Waals surface area contributed by atoms with Crippen LogP contribution in [0.1, 0.15) is 24.2 Å². The molecule has 1 aliphatic heterocycles. The molecule has 0 spiro atoms. The zero-order valence-electron chi connectivity index (χ0n) is 13.1. The highest BCUT2D eigenvalue weighted by Crippen LogP contribution is 2.36. The number of carbonyl (C=O) groups excluding carboxylic acids is 1. The molecule has 25 heavy (non-hydrogen) atoms. The molecule has 0 fully saturated rings. The van der Waals surface area contributed by atoms with E-state index in [1.807, 2.05) is 0 Å². The van der Waals surface area contributed by atoms with Crippen LogP contribution in [0.25, 0.3) is 0 Å². The second kappa shape index (κ2) is 7.11. The molecule has 0 radical (unpaired) electrons. The summed E-state index contributed by atoms with van der Waals surface area (Å²) in [5.41, 5.74) is 1.87. The number of nitrogens with one attached hydrogen (secondary N) is 1. The van der Waals surface area contributed by atoms with Gasteiger partial charge in [0, 0.05) is 21.7 Å². The molecule has 0 unspecified atom stereocenters. The minimum atomic E-state index is -0.753. The highest BCUT2D eigenvalue weighted by molar-refractivity contribution is 7.14. The number of esters is 1. The zero-order chi connectivity index (χ0) is 18.1. The summed E-state index contributed by atoms with van der Waals surface area (Å²) in [5, 5.41) is 4.95. The molecule has 130 valence electrons. The Morgan fingerprint density at radius 1 is 1.40 bits per heavy atom. The molecule has 2 heterocycles. The smallest absolute Gasteiger partial charge is 0.338 e. The van der Waals surface area contributed by atoms with E-state index in [0.29, 0.717) is 32.8 Å². The Hall–Kier alpha value is -1.96. The van der Waals surface area contributed by atoms with Crippen LogP contribution in [0.5, 0.6) is 0 Å². The molecule has 0 saturated heterocycles. The lowest BCUT2D eigenvalue weighted by molar-refractivity contribution is -0.136. The van der Waals surface area contributed by atoms with Crippen molar-refractivity contribution in [1.82, 2.24) is 10.3 Å². The summed E-state index contributed by atoms with van der Waals surface area (Å²) in [6.07, 6.45) is 0. The van der Waals surface area contributed by atoms with E-state index in [2.05, 4.69) is 15.3 Å². The number of rotatable bonds is 3. The van der Waals surface area contributed by atoms with Gasteiger partial charge in [-0.25, -0.2) is 14.2 Å². The lowest BCUT2D eigenvalue weighted by Gasteiger charge is -2.25. The lowest BCUT2D eigenvalue weighted by atomic mass is 9.95. The topological polar surface area (TPSA) is 63.6 Å². The fraction of sp³-hybridized carbons (Fsp3) is 0.188. The van der Waals surface area contributed by atoms with Crippen molar-refractivity contribution in [1.29, 1.82) is 0 Å². The summed E-state index contributed by atoms with van der Waals surface area (Å²) in [4.78, 5) is 21.0. The summed E-state index contributed by atoms with van der Waals surface area (Å²) < 4.78 is 18.6. The SMILES string of the molecule is COC(=O)C1=C(C)NC(c2csc(Cl)n2)=N[C@@H]1c1ccc(F)cc1Cl. The first-order valence-corrected chi connectivity index (χ1v) is 8.74. The number of hydrogen-bond donors (Lipinski definition) is 1. The average molecular weight is 400 g/mol. The van der Waals surface area contributed by atoms with Crippen LogP contribution < -0.4 is 5.32 Å². The van der Waals surface area contributed by atoms with E-state index in [9.17, 15) is 9.18 Å². The van der Waals surface area contributed by atoms with Crippen LogP contribution in [0.2, 0.25) is 9.49 Å². The first-order valence-electron chi connectivity index (χ1n) is 7.11. The molecule has 9 heteroatoms. The van der Waals surface area contributed by atoms with Gasteiger partial charge in [-0.1, -0.05) is 29.3 Å².